The molecule has 2 saturated heterocycles. The molecule has 0 radical (unpaired) electrons. The first kappa shape index (κ1) is 16.8. The fourth-order valence-corrected chi connectivity index (χ4v) is 4.76. The van der Waals surface area contributed by atoms with Crippen LogP contribution in [0.1, 0.15) is 28.3 Å². The summed E-state index contributed by atoms with van der Waals surface area (Å²) >= 11 is 1.81. The van der Waals surface area contributed by atoms with Crippen LogP contribution >= 0.6 is 11.3 Å². The van der Waals surface area contributed by atoms with E-state index in [1.54, 1.807) is 17.0 Å². The largest absolute Gasteiger partial charge is 0.372 e. The van der Waals surface area contributed by atoms with Gasteiger partial charge in [-0.1, -0.05) is 6.07 Å². The van der Waals surface area contributed by atoms with Gasteiger partial charge in [-0.25, -0.2) is 4.98 Å². The third-order valence-corrected chi connectivity index (χ3v) is 6.21. The van der Waals surface area contributed by atoms with Crippen LogP contribution in [0.4, 0.5) is 0 Å². The summed E-state index contributed by atoms with van der Waals surface area (Å²) in [6.07, 6.45) is 5.48. The number of thiophene rings is 1. The van der Waals surface area contributed by atoms with Gasteiger partial charge in [0.25, 0.3) is 5.91 Å². The molecule has 1 amide bonds. The lowest BCUT2D eigenvalue weighted by Gasteiger charge is -2.50. The highest BCUT2D eigenvalue weighted by atomic mass is 32.1. The molecule has 2 aromatic heterocycles. The van der Waals surface area contributed by atoms with Gasteiger partial charge in [0.1, 0.15) is 0 Å². The molecule has 0 aliphatic carbocycles. The number of nitrogens with zero attached hydrogens (tertiary/aromatic N) is 3. The monoisotopic (exact) mass is 360 g/mol. The number of imidazole rings is 1. The average molecular weight is 360 g/mol. The highest BCUT2D eigenvalue weighted by Crippen LogP contribution is 2.42. The quantitative estimate of drug-likeness (QED) is 0.855. The van der Waals surface area contributed by atoms with Crippen molar-refractivity contribution < 1.29 is 9.53 Å². The molecule has 0 aromatic carbocycles. The van der Waals surface area contributed by atoms with Crippen molar-refractivity contribution in [2.24, 2.45) is 13.0 Å². The highest BCUT2D eigenvalue weighted by molar-refractivity contribution is 7.09. The van der Waals surface area contributed by atoms with Gasteiger partial charge in [-0.05, 0) is 30.2 Å². The molecule has 4 rings (SSSR count). The van der Waals surface area contributed by atoms with Crippen LogP contribution in [0, 0.1) is 5.92 Å². The minimum Gasteiger partial charge on any atom is -0.372 e. The van der Waals surface area contributed by atoms with Crippen LogP contribution < -0.4 is 5.32 Å². The van der Waals surface area contributed by atoms with Crippen molar-refractivity contribution in [3.8, 4) is 0 Å². The molecule has 1 N–H and O–H groups in total. The first-order chi connectivity index (χ1) is 12.2. The van der Waals surface area contributed by atoms with Crippen molar-refractivity contribution in [1.29, 1.82) is 0 Å². The Balaban J connectivity index is 1.25. The molecular formula is C18H24N4O2S. The SMILES string of the molecule is Cn1ccnc1C(=O)NCC[C@@H]1CCOC12CN(Cc1cccs1)C2. The zero-order chi connectivity index (χ0) is 17.3. The van der Waals surface area contributed by atoms with Crippen molar-refractivity contribution in [1.82, 2.24) is 19.8 Å². The number of carbonyl (C=O) groups is 1. The van der Waals surface area contributed by atoms with E-state index in [0.29, 0.717) is 18.3 Å². The van der Waals surface area contributed by atoms with E-state index in [9.17, 15) is 4.79 Å². The summed E-state index contributed by atoms with van der Waals surface area (Å²) in [4.78, 5) is 20.1. The van der Waals surface area contributed by atoms with Crippen molar-refractivity contribution in [3.63, 3.8) is 0 Å². The zero-order valence-corrected chi connectivity index (χ0v) is 15.3. The van der Waals surface area contributed by atoms with E-state index in [-0.39, 0.29) is 11.5 Å². The smallest absolute Gasteiger partial charge is 0.287 e. The molecule has 6 nitrogen and oxygen atoms in total. The van der Waals surface area contributed by atoms with Gasteiger partial charge in [0.05, 0.1) is 5.60 Å². The summed E-state index contributed by atoms with van der Waals surface area (Å²) in [5.74, 6) is 0.880. The fraction of sp³-hybridized carbons (Fsp3) is 0.556. The van der Waals surface area contributed by atoms with Crippen LogP contribution in [-0.4, -0.2) is 52.2 Å². The number of ether oxygens (including phenoxy) is 1. The number of aryl methyl sites for hydroxylation is 1. The van der Waals surface area contributed by atoms with Gasteiger partial charge in [-0.2, -0.15) is 0 Å². The third kappa shape index (κ3) is 3.36. The molecular weight excluding hydrogens is 336 g/mol. The van der Waals surface area contributed by atoms with Gasteiger partial charge >= 0.3 is 0 Å². The van der Waals surface area contributed by atoms with Gasteiger partial charge in [0.15, 0.2) is 5.82 Å². The maximum Gasteiger partial charge on any atom is 0.287 e. The number of hydrogen-bond acceptors (Lipinski definition) is 5. The number of nitrogens with one attached hydrogen (secondary N) is 1. The molecule has 1 atom stereocenters. The molecule has 1 spiro atoms. The molecule has 4 heterocycles. The molecule has 0 bridgehead atoms. The van der Waals surface area contributed by atoms with Crippen molar-refractivity contribution in [3.05, 3.63) is 40.6 Å². The van der Waals surface area contributed by atoms with E-state index in [1.807, 2.05) is 18.4 Å². The molecule has 2 aliphatic rings. The number of aromatic nitrogens is 2. The minimum atomic E-state index is -0.103. The number of hydrogen-bond donors (Lipinski definition) is 1. The van der Waals surface area contributed by atoms with Gasteiger partial charge in [0.2, 0.25) is 0 Å². The summed E-state index contributed by atoms with van der Waals surface area (Å²) < 4.78 is 7.86. The fourth-order valence-electron chi connectivity index (χ4n) is 4.01. The Morgan fingerprint density at radius 3 is 3.12 bits per heavy atom. The van der Waals surface area contributed by atoms with Crippen molar-refractivity contribution in [2.75, 3.05) is 26.2 Å². The van der Waals surface area contributed by atoms with E-state index in [0.717, 1.165) is 39.1 Å². The Kier molecular flexibility index (Phi) is 4.62. The highest BCUT2D eigenvalue weighted by Gasteiger charge is 2.52. The molecule has 2 fully saturated rings. The second-order valence-electron chi connectivity index (χ2n) is 7.03. The van der Waals surface area contributed by atoms with Crippen LogP contribution in [0.15, 0.2) is 29.9 Å². The lowest BCUT2D eigenvalue weighted by atomic mass is 9.79. The number of rotatable bonds is 6. The lowest BCUT2D eigenvalue weighted by Crippen LogP contribution is -2.64. The predicted octanol–water partition coefficient (Wildman–Crippen LogP) is 1.89. The summed E-state index contributed by atoms with van der Waals surface area (Å²) in [6, 6.07) is 4.30. The van der Waals surface area contributed by atoms with Gasteiger partial charge < -0.3 is 14.6 Å². The van der Waals surface area contributed by atoms with Crippen LogP contribution in [0.25, 0.3) is 0 Å². The molecule has 2 aromatic rings. The van der Waals surface area contributed by atoms with Crippen LogP contribution in [0.3, 0.4) is 0 Å². The summed E-state index contributed by atoms with van der Waals surface area (Å²) in [5, 5.41) is 5.13. The Labute approximate surface area is 151 Å². The predicted molar refractivity (Wildman–Crippen MR) is 96.5 cm³/mol. The van der Waals surface area contributed by atoms with Gasteiger partial charge in [-0.15, -0.1) is 11.3 Å². The van der Waals surface area contributed by atoms with Crippen LogP contribution in [0.5, 0.6) is 0 Å². The average Bonchev–Trinajstić information content (AvgIpc) is 3.28. The standard InChI is InChI=1S/C18H24N4O2S/c1-21-8-7-19-16(21)17(23)20-6-4-14-5-9-24-18(14)12-22(13-18)11-15-3-2-10-25-15/h2-3,7-8,10,14H,4-6,9,11-13H2,1H3,(H,20,23)/t14-/m1/s1. The molecule has 0 unspecified atom stereocenters. The van der Waals surface area contributed by atoms with E-state index in [1.165, 1.54) is 4.88 Å². The van der Waals surface area contributed by atoms with Crippen molar-refractivity contribution in [2.45, 2.75) is 25.0 Å². The molecule has 0 saturated carbocycles. The Morgan fingerprint density at radius 1 is 1.52 bits per heavy atom. The van der Waals surface area contributed by atoms with E-state index in [2.05, 4.69) is 32.7 Å². The second kappa shape index (κ2) is 6.90. The lowest BCUT2D eigenvalue weighted by molar-refractivity contribution is -0.136. The maximum absolute atomic E-state index is 12.1. The summed E-state index contributed by atoms with van der Waals surface area (Å²) in [7, 11) is 1.83. The zero-order valence-electron chi connectivity index (χ0n) is 14.5. The Hall–Kier alpha value is -1.70. The minimum absolute atomic E-state index is 0.00517. The number of likely N-dealkylation sites (tertiary alicyclic amines) is 1. The third-order valence-electron chi connectivity index (χ3n) is 5.34. The topological polar surface area (TPSA) is 59.4 Å². The van der Waals surface area contributed by atoms with Gasteiger partial charge in [-0.3, -0.25) is 9.69 Å². The number of amides is 1. The van der Waals surface area contributed by atoms with Gasteiger partial charge in [0, 0.05) is 57.1 Å². The molecule has 7 heteroatoms. The Morgan fingerprint density at radius 2 is 2.40 bits per heavy atom. The van der Waals surface area contributed by atoms with Crippen LogP contribution in [-0.2, 0) is 18.3 Å². The first-order valence-electron chi connectivity index (χ1n) is 8.80. The molecule has 2 aliphatic heterocycles. The second-order valence-corrected chi connectivity index (χ2v) is 8.06. The molecule has 25 heavy (non-hydrogen) atoms. The summed E-state index contributed by atoms with van der Waals surface area (Å²) in [6.45, 7) is 4.54. The van der Waals surface area contributed by atoms with E-state index in [4.69, 9.17) is 4.74 Å². The van der Waals surface area contributed by atoms with Crippen LogP contribution in [0.2, 0.25) is 0 Å². The van der Waals surface area contributed by atoms with E-state index < -0.39 is 0 Å². The maximum atomic E-state index is 12.1. The number of carbonyl (C=O) groups excluding carboxylic acids is 1. The van der Waals surface area contributed by atoms with Crippen molar-refractivity contribution >= 4 is 17.2 Å². The summed E-state index contributed by atoms with van der Waals surface area (Å²) in [5.41, 5.74) is 0.00517. The normalized spacial score (nSPS) is 22.2. The Bertz CT molecular complexity index is 721. The van der Waals surface area contributed by atoms with E-state index >= 15 is 0 Å². The first-order valence-corrected chi connectivity index (χ1v) is 9.68. The molecule has 134 valence electrons.